The van der Waals surface area contributed by atoms with E-state index in [-0.39, 0.29) is 10.7 Å². The Hall–Kier alpha value is -1.13. The van der Waals surface area contributed by atoms with Crippen LogP contribution in [-0.2, 0) is 9.47 Å². The number of carbonyl (C=O) groups is 1. The van der Waals surface area contributed by atoms with Gasteiger partial charge in [-0.1, -0.05) is 11.6 Å². The summed E-state index contributed by atoms with van der Waals surface area (Å²) >= 11 is 5.72. The Labute approximate surface area is 93.2 Å². The summed E-state index contributed by atoms with van der Waals surface area (Å²) in [5.74, 6) is -0.454. The molecule has 0 amide bonds. The van der Waals surface area contributed by atoms with Crippen LogP contribution in [0.15, 0.2) is 18.3 Å². The summed E-state index contributed by atoms with van der Waals surface area (Å²) < 4.78 is 9.79. The molecule has 82 valence electrons. The Bertz CT molecular complexity index is 330. The van der Waals surface area contributed by atoms with Crippen molar-refractivity contribution in [3.8, 4) is 0 Å². The second kappa shape index (κ2) is 6.37. The lowest BCUT2D eigenvalue weighted by atomic mass is 10.3. The number of aromatic nitrogens is 1. The molecule has 1 aromatic rings. The molecule has 0 aliphatic rings. The highest BCUT2D eigenvalue weighted by molar-refractivity contribution is 6.32. The van der Waals surface area contributed by atoms with Crippen LogP contribution >= 0.6 is 11.6 Å². The summed E-state index contributed by atoms with van der Waals surface area (Å²) in [5.41, 5.74) is 0.289. The molecule has 0 saturated heterocycles. The minimum absolute atomic E-state index is 0.161. The first-order valence-corrected chi connectivity index (χ1v) is 4.90. The van der Waals surface area contributed by atoms with E-state index in [0.29, 0.717) is 19.6 Å². The molecule has 15 heavy (non-hydrogen) atoms. The van der Waals surface area contributed by atoms with Gasteiger partial charge in [0.25, 0.3) is 0 Å². The fourth-order valence-electron chi connectivity index (χ4n) is 0.984. The fourth-order valence-corrected chi connectivity index (χ4v) is 1.18. The highest BCUT2D eigenvalue weighted by Gasteiger charge is 2.11. The van der Waals surface area contributed by atoms with Crippen LogP contribution in [-0.4, -0.2) is 31.3 Å². The molecular weight excluding hydrogens is 218 g/mol. The van der Waals surface area contributed by atoms with E-state index in [9.17, 15) is 4.79 Å². The number of pyridine rings is 1. The van der Waals surface area contributed by atoms with E-state index < -0.39 is 5.97 Å². The standard InChI is InChI=1S/C10H12ClNO3/c1-14-6-3-7-15-10(13)8-4-2-5-12-9(8)11/h2,4-5H,3,6-7H2,1H3. The van der Waals surface area contributed by atoms with Crippen LogP contribution in [0.3, 0.4) is 0 Å². The molecule has 5 heteroatoms. The Morgan fingerprint density at radius 3 is 3.00 bits per heavy atom. The van der Waals surface area contributed by atoms with Gasteiger partial charge in [-0.2, -0.15) is 0 Å². The van der Waals surface area contributed by atoms with Crippen LogP contribution in [0, 0.1) is 0 Å². The van der Waals surface area contributed by atoms with Crippen LogP contribution in [0.4, 0.5) is 0 Å². The maximum absolute atomic E-state index is 11.4. The number of nitrogens with zero attached hydrogens (tertiary/aromatic N) is 1. The normalized spacial score (nSPS) is 10.0. The van der Waals surface area contributed by atoms with Crippen molar-refractivity contribution in [2.75, 3.05) is 20.3 Å². The minimum Gasteiger partial charge on any atom is -0.462 e. The highest BCUT2D eigenvalue weighted by atomic mass is 35.5. The van der Waals surface area contributed by atoms with Crippen molar-refractivity contribution < 1.29 is 14.3 Å². The molecule has 0 aliphatic heterocycles. The van der Waals surface area contributed by atoms with Crippen LogP contribution in [0.2, 0.25) is 5.15 Å². The molecule has 1 rings (SSSR count). The molecule has 0 aliphatic carbocycles. The van der Waals surface area contributed by atoms with Gasteiger partial charge in [0, 0.05) is 26.3 Å². The molecule has 0 unspecified atom stereocenters. The molecule has 0 aromatic carbocycles. The maximum atomic E-state index is 11.4. The zero-order valence-corrected chi connectivity index (χ0v) is 9.16. The second-order valence-corrected chi connectivity index (χ2v) is 3.18. The summed E-state index contributed by atoms with van der Waals surface area (Å²) in [6.45, 7) is 0.881. The SMILES string of the molecule is COCCCOC(=O)c1cccnc1Cl. The summed E-state index contributed by atoms with van der Waals surface area (Å²) in [6.07, 6.45) is 2.18. The van der Waals surface area contributed by atoms with E-state index in [2.05, 4.69) is 4.98 Å². The average molecular weight is 230 g/mol. The van der Waals surface area contributed by atoms with Crippen molar-refractivity contribution in [1.29, 1.82) is 0 Å². The van der Waals surface area contributed by atoms with Crippen molar-refractivity contribution in [3.63, 3.8) is 0 Å². The number of ether oxygens (including phenoxy) is 2. The second-order valence-electron chi connectivity index (χ2n) is 2.82. The number of methoxy groups -OCH3 is 1. The first-order chi connectivity index (χ1) is 7.25. The summed E-state index contributed by atoms with van der Waals surface area (Å²) in [6, 6.07) is 3.21. The molecule has 1 aromatic heterocycles. The van der Waals surface area contributed by atoms with Gasteiger partial charge in [-0.15, -0.1) is 0 Å². The maximum Gasteiger partial charge on any atom is 0.341 e. The third-order valence-corrected chi connectivity index (χ3v) is 2.01. The first kappa shape index (κ1) is 11.9. The van der Waals surface area contributed by atoms with Crippen molar-refractivity contribution >= 4 is 17.6 Å². The van der Waals surface area contributed by atoms with Crippen molar-refractivity contribution in [3.05, 3.63) is 29.0 Å². The molecule has 1 heterocycles. The highest BCUT2D eigenvalue weighted by Crippen LogP contribution is 2.12. The van der Waals surface area contributed by atoms with Gasteiger partial charge in [-0.3, -0.25) is 0 Å². The van der Waals surface area contributed by atoms with Gasteiger partial charge in [0.05, 0.1) is 12.2 Å². The number of hydrogen-bond donors (Lipinski definition) is 0. The predicted molar refractivity (Wildman–Crippen MR) is 56.0 cm³/mol. The van der Waals surface area contributed by atoms with Crippen molar-refractivity contribution in [1.82, 2.24) is 4.98 Å². The third kappa shape index (κ3) is 3.85. The van der Waals surface area contributed by atoms with E-state index >= 15 is 0 Å². The quantitative estimate of drug-likeness (QED) is 0.440. The van der Waals surface area contributed by atoms with Crippen LogP contribution in [0.5, 0.6) is 0 Å². The van der Waals surface area contributed by atoms with Crippen LogP contribution < -0.4 is 0 Å². The zero-order chi connectivity index (χ0) is 11.1. The minimum atomic E-state index is -0.454. The largest absolute Gasteiger partial charge is 0.462 e. The lowest BCUT2D eigenvalue weighted by molar-refractivity contribution is 0.0468. The molecule has 0 atom stereocenters. The predicted octanol–water partition coefficient (Wildman–Crippen LogP) is 1.93. The fraction of sp³-hybridized carbons (Fsp3) is 0.400. The molecule has 0 bridgehead atoms. The van der Waals surface area contributed by atoms with Gasteiger partial charge in [-0.05, 0) is 12.1 Å². The number of esters is 1. The number of hydrogen-bond acceptors (Lipinski definition) is 4. The van der Waals surface area contributed by atoms with E-state index in [1.807, 2.05) is 0 Å². The van der Waals surface area contributed by atoms with Gasteiger partial charge < -0.3 is 9.47 Å². The molecule has 0 spiro atoms. The number of halogens is 1. The van der Waals surface area contributed by atoms with Gasteiger partial charge in [0.15, 0.2) is 0 Å². The van der Waals surface area contributed by atoms with Gasteiger partial charge in [-0.25, -0.2) is 9.78 Å². The lowest BCUT2D eigenvalue weighted by Crippen LogP contribution is -2.08. The Morgan fingerprint density at radius 2 is 2.33 bits per heavy atom. The monoisotopic (exact) mass is 229 g/mol. The topological polar surface area (TPSA) is 48.4 Å². The third-order valence-electron chi connectivity index (χ3n) is 1.70. The van der Waals surface area contributed by atoms with E-state index in [4.69, 9.17) is 21.1 Å². The molecule has 0 N–H and O–H groups in total. The van der Waals surface area contributed by atoms with Gasteiger partial charge in [0.2, 0.25) is 0 Å². The summed E-state index contributed by atoms with van der Waals surface area (Å²) in [5, 5.41) is 0.161. The lowest BCUT2D eigenvalue weighted by Gasteiger charge is -2.04. The summed E-state index contributed by atoms with van der Waals surface area (Å²) in [4.78, 5) is 15.2. The first-order valence-electron chi connectivity index (χ1n) is 4.52. The summed E-state index contributed by atoms with van der Waals surface area (Å²) in [7, 11) is 1.60. The Balaban J connectivity index is 2.44. The van der Waals surface area contributed by atoms with E-state index in [1.54, 1.807) is 19.2 Å². The van der Waals surface area contributed by atoms with E-state index in [1.165, 1.54) is 6.20 Å². The molecule has 0 radical (unpaired) electrons. The Kier molecular flexibility index (Phi) is 5.07. The molecule has 0 saturated carbocycles. The average Bonchev–Trinajstić information content (AvgIpc) is 2.25. The zero-order valence-electron chi connectivity index (χ0n) is 8.40. The molecule has 4 nitrogen and oxygen atoms in total. The number of carbonyl (C=O) groups excluding carboxylic acids is 1. The van der Waals surface area contributed by atoms with Crippen LogP contribution in [0.25, 0.3) is 0 Å². The van der Waals surface area contributed by atoms with Crippen molar-refractivity contribution in [2.24, 2.45) is 0 Å². The van der Waals surface area contributed by atoms with Crippen molar-refractivity contribution in [2.45, 2.75) is 6.42 Å². The Morgan fingerprint density at radius 1 is 1.53 bits per heavy atom. The molecule has 0 fully saturated rings. The smallest absolute Gasteiger partial charge is 0.341 e. The number of rotatable bonds is 5. The van der Waals surface area contributed by atoms with E-state index in [0.717, 1.165) is 0 Å². The van der Waals surface area contributed by atoms with Gasteiger partial charge >= 0.3 is 5.97 Å². The van der Waals surface area contributed by atoms with Crippen LogP contribution in [0.1, 0.15) is 16.8 Å². The molecular formula is C10H12ClNO3. The van der Waals surface area contributed by atoms with Gasteiger partial charge in [0.1, 0.15) is 5.15 Å².